The van der Waals surface area contributed by atoms with Gasteiger partial charge in [-0.15, -0.1) is 0 Å². The molecule has 1 aromatic carbocycles. The summed E-state index contributed by atoms with van der Waals surface area (Å²) in [4.78, 5) is 2.55. The molecule has 110 valence electrons. The number of nitrogens with one attached hydrogen (secondary N) is 1. The SMILES string of the molecule is c1cc(CN2CCCC2)ccc1CN[C@@H]1CCCOC1. The van der Waals surface area contributed by atoms with Gasteiger partial charge in [-0.25, -0.2) is 0 Å². The summed E-state index contributed by atoms with van der Waals surface area (Å²) in [6.45, 7) is 6.41. The van der Waals surface area contributed by atoms with Gasteiger partial charge in [-0.2, -0.15) is 0 Å². The highest BCUT2D eigenvalue weighted by molar-refractivity contribution is 5.22. The fourth-order valence-electron chi connectivity index (χ4n) is 3.13. The molecule has 0 saturated carbocycles. The van der Waals surface area contributed by atoms with E-state index in [1.165, 1.54) is 49.9 Å². The first-order valence-electron chi connectivity index (χ1n) is 8.01. The maximum Gasteiger partial charge on any atom is 0.0619 e. The van der Waals surface area contributed by atoms with Crippen molar-refractivity contribution in [2.45, 2.75) is 44.8 Å². The summed E-state index contributed by atoms with van der Waals surface area (Å²) < 4.78 is 5.50. The summed E-state index contributed by atoms with van der Waals surface area (Å²) in [5.74, 6) is 0. The van der Waals surface area contributed by atoms with Gasteiger partial charge in [0.2, 0.25) is 0 Å². The van der Waals surface area contributed by atoms with Gasteiger partial charge in [0, 0.05) is 25.7 Å². The molecule has 2 aliphatic heterocycles. The molecule has 2 heterocycles. The molecule has 1 aromatic rings. The van der Waals surface area contributed by atoms with Crippen LogP contribution in [0.2, 0.25) is 0 Å². The lowest BCUT2D eigenvalue weighted by molar-refractivity contribution is 0.0699. The standard InChI is InChI=1S/C17H26N2O/c1-2-10-19(9-1)13-16-7-5-15(6-8-16)12-18-17-4-3-11-20-14-17/h5-8,17-18H,1-4,9-14H2/t17-/m1/s1. The minimum Gasteiger partial charge on any atom is -0.380 e. The van der Waals surface area contributed by atoms with Crippen molar-refractivity contribution < 1.29 is 4.74 Å². The quantitative estimate of drug-likeness (QED) is 0.893. The van der Waals surface area contributed by atoms with Crippen LogP contribution in [0.1, 0.15) is 36.8 Å². The van der Waals surface area contributed by atoms with E-state index >= 15 is 0 Å². The van der Waals surface area contributed by atoms with Gasteiger partial charge in [0.15, 0.2) is 0 Å². The monoisotopic (exact) mass is 274 g/mol. The summed E-state index contributed by atoms with van der Waals surface area (Å²) in [6, 6.07) is 9.64. The highest BCUT2D eigenvalue weighted by Gasteiger charge is 2.13. The van der Waals surface area contributed by atoms with Gasteiger partial charge < -0.3 is 10.1 Å². The van der Waals surface area contributed by atoms with E-state index in [4.69, 9.17) is 4.74 Å². The molecule has 0 radical (unpaired) electrons. The molecular weight excluding hydrogens is 248 g/mol. The zero-order valence-corrected chi connectivity index (χ0v) is 12.3. The first kappa shape index (κ1) is 14.1. The van der Waals surface area contributed by atoms with Gasteiger partial charge in [-0.05, 0) is 49.9 Å². The number of nitrogens with zero attached hydrogens (tertiary/aromatic N) is 1. The van der Waals surface area contributed by atoms with Gasteiger partial charge in [0.25, 0.3) is 0 Å². The van der Waals surface area contributed by atoms with Crippen LogP contribution in [0.15, 0.2) is 24.3 Å². The average molecular weight is 274 g/mol. The van der Waals surface area contributed by atoms with Crippen LogP contribution < -0.4 is 5.32 Å². The minimum absolute atomic E-state index is 0.535. The van der Waals surface area contributed by atoms with E-state index in [9.17, 15) is 0 Å². The van der Waals surface area contributed by atoms with E-state index in [1.807, 2.05) is 0 Å². The number of rotatable bonds is 5. The van der Waals surface area contributed by atoms with Gasteiger partial charge >= 0.3 is 0 Å². The van der Waals surface area contributed by atoms with Crippen molar-refractivity contribution >= 4 is 0 Å². The normalized spacial score (nSPS) is 24.1. The summed E-state index contributed by atoms with van der Waals surface area (Å²) >= 11 is 0. The van der Waals surface area contributed by atoms with Gasteiger partial charge in [0.1, 0.15) is 0 Å². The van der Waals surface area contributed by atoms with Gasteiger partial charge in [0.05, 0.1) is 6.61 Å². The Morgan fingerprint density at radius 2 is 1.80 bits per heavy atom. The second-order valence-electron chi connectivity index (χ2n) is 6.09. The van der Waals surface area contributed by atoms with Crippen LogP contribution >= 0.6 is 0 Å². The predicted molar refractivity (Wildman–Crippen MR) is 81.6 cm³/mol. The predicted octanol–water partition coefficient (Wildman–Crippen LogP) is 2.55. The van der Waals surface area contributed by atoms with E-state index in [1.54, 1.807) is 0 Å². The number of hydrogen-bond acceptors (Lipinski definition) is 3. The lowest BCUT2D eigenvalue weighted by Crippen LogP contribution is -2.36. The highest BCUT2D eigenvalue weighted by atomic mass is 16.5. The lowest BCUT2D eigenvalue weighted by Gasteiger charge is -2.23. The Morgan fingerprint density at radius 1 is 1.05 bits per heavy atom. The van der Waals surface area contributed by atoms with Crippen LogP contribution in [0.25, 0.3) is 0 Å². The van der Waals surface area contributed by atoms with Crippen LogP contribution in [0, 0.1) is 0 Å². The second-order valence-corrected chi connectivity index (χ2v) is 6.09. The molecule has 0 spiro atoms. The van der Waals surface area contributed by atoms with Crippen LogP contribution in [0.4, 0.5) is 0 Å². The zero-order valence-electron chi connectivity index (χ0n) is 12.3. The topological polar surface area (TPSA) is 24.5 Å². The lowest BCUT2D eigenvalue weighted by atomic mass is 10.1. The fraction of sp³-hybridized carbons (Fsp3) is 0.647. The largest absolute Gasteiger partial charge is 0.380 e. The third-order valence-electron chi connectivity index (χ3n) is 4.38. The Labute approximate surface area is 122 Å². The van der Waals surface area contributed by atoms with E-state index in [0.29, 0.717) is 6.04 Å². The number of hydrogen-bond donors (Lipinski definition) is 1. The number of ether oxygens (including phenoxy) is 1. The van der Waals surface area contributed by atoms with Gasteiger partial charge in [-0.1, -0.05) is 24.3 Å². The Bertz CT molecular complexity index is 392. The molecule has 0 bridgehead atoms. The third-order valence-corrected chi connectivity index (χ3v) is 4.38. The van der Waals surface area contributed by atoms with Crippen LogP contribution in [0.5, 0.6) is 0 Å². The van der Waals surface area contributed by atoms with Crippen molar-refractivity contribution in [3.63, 3.8) is 0 Å². The van der Waals surface area contributed by atoms with E-state index in [-0.39, 0.29) is 0 Å². The molecule has 3 rings (SSSR count). The van der Waals surface area contributed by atoms with Crippen molar-refractivity contribution in [2.24, 2.45) is 0 Å². The first-order valence-corrected chi connectivity index (χ1v) is 8.01. The fourth-order valence-corrected chi connectivity index (χ4v) is 3.13. The Balaban J connectivity index is 1.45. The Hall–Kier alpha value is -0.900. The van der Waals surface area contributed by atoms with E-state index in [2.05, 4.69) is 34.5 Å². The molecule has 0 aromatic heterocycles. The smallest absolute Gasteiger partial charge is 0.0619 e. The first-order chi connectivity index (χ1) is 9.90. The van der Waals surface area contributed by atoms with E-state index in [0.717, 1.165) is 26.3 Å². The molecule has 2 fully saturated rings. The van der Waals surface area contributed by atoms with Crippen molar-refractivity contribution in [1.29, 1.82) is 0 Å². The Kier molecular flexibility index (Phi) is 5.06. The number of benzene rings is 1. The second kappa shape index (κ2) is 7.21. The summed E-state index contributed by atoms with van der Waals surface area (Å²) in [7, 11) is 0. The molecule has 2 aliphatic rings. The van der Waals surface area contributed by atoms with Crippen molar-refractivity contribution in [3.8, 4) is 0 Å². The van der Waals surface area contributed by atoms with E-state index < -0.39 is 0 Å². The van der Waals surface area contributed by atoms with Crippen molar-refractivity contribution in [2.75, 3.05) is 26.3 Å². The Morgan fingerprint density at radius 3 is 2.50 bits per heavy atom. The molecule has 20 heavy (non-hydrogen) atoms. The van der Waals surface area contributed by atoms with Crippen molar-refractivity contribution in [3.05, 3.63) is 35.4 Å². The molecular formula is C17H26N2O. The third kappa shape index (κ3) is 4.05. The molecule has 2 saturated heterocycles. The van der Waals surface area contributed by atoms with Gasteiger partial charge in [-0.3, -0.25) is 4.90 Å². The maximum atomic E-state index is 5.50. The summed E-state index contributed by atoms with van der Waals surface area (Å²) in [6.07, 6.45) is 5.16. The molecule has 0 aliphatic carbocycles. The van der Waals surface area contributed by atoms with Crippen LogP contribution in [-0.4, -0.2) is 37.2 Å². The van der Waals surface area contributed by atoms with Crippen LogP contribution in [0.3, 0.4) is 0 Å². The summed E-state index contributed by atoms with van der Waals surface area (Å²) in [5, 5.41) is 3.60. The zero-order chi connectivity index (χ0) is 13.6. The highest BCUT2D eigenvalue weighted by Crippen LogP contribution is 2.14. The molecule has 1 N–H and O–H groups in total. The molecule has 0 amide bonds. The molecule has 3 nitrogen and oxygen atoms in total. The average Bonchev–Trinajstić information content (AvgIpc) is 3.01. The molecule has 3 heteroatoms. The molecule has 0 unspecified atom stereocenters. The summed E-state index contributed by atoms with van der Waals surface area (Å²) in [5.41, 5.74) is 2.82. The van der Waals surface area contributed by atoms with Crippen LogP contribution in [-0.2, 0) is 17.8 Å². The number of likely N-dealkylation sites (tertiary alicyclic amines) is 1. The molecule has 1 atom stereocenters. The maximum absolute atomic E-state index is 5.50. The van der Waals surface area contributed by atoms with Crippen molar-refractivity contribution in [1.82, 2.24) is 10.2 Å². The minimum atomic E-state index is 0.535.